The first kappa shape index (κ1) is 37.5. The lowest BCUT2D eigenvalue weighted by molar-refractivity contribution is -0.123. The number of hydrogen-bond acceptors (Lipinski definition) is 6. The number of rotatable bonds is 29. The molecule has 0 saturated heterocycles. The average Bonchev–Trinajstić information content (AvgIpc) is 2.89. The van der Waals surface area contributed by atoms with Crippen LogP contribution in [0.1, 0.15) is 149 Å². The van der Waals surface area contributed by atoms with Gasteiger partial charge in [-0.25, -0.2) is 4.57 Å². The lowest BCUT2D eigenvalue weighted by Gasteiger charge is -2.25. The van der Waals surface area contributed by atoms with Gasteiger partial charge in [0.25, 0.3) is 0 Å². The highest BCUT2D eigenvalue weighted by Crippen LogP contribution is 2.43. The van der Waals surface area contributed by atoms with Gasteiger partial charge >= 0.3 is 7.82 Å². The van der Waals surface area contributed by atoms with Gasteiger partial charge in [-0.2, -0.15) is 0 Å². The number of hydrogen-bond donors (Lipinski definition) is 4. The summed E-state index contributed by atoms with van der Waals surface area (Å²) in [4.78, 5) is 22.4. The lowest BCUT2D eigenvalue weighted by Crippen LogP contribution is -2.46. The zero-order valence-electron chi connectivity index (χ0n) is 24.7. The average molecular weight is 565 g/mol. The Morgan fingerprint density at radius 3 is 1.68 bits per heavy atom. The van der Waals surface area contributed by atoms with Gasteiger partial charge in [-0.15, -0.1) is 0 Å². The summed E-state index contributed by atoms with van der Waals surface area (Å²) in [5.74, 6) is -0.167. The molecule has 0 aromatic rings. The van der Waals surface area contributed by atoms with Crippen LogP contribution in [0.3, 0.4) is 0 Å². The molecule has 228 valence electrons. The van der Waals surface area contributed by atoms with Gasteiger partial charge in [0.15, 0.2) is 0 Å². The molecule has 0 rings (SSSR count). The third-order valence-corrected chi connectivity index (χ3v) is 7.95. The van der Waals surface area contributed by atoms with E-state index in [1.165, 1.54) is 83.5 Å². The molecule has 0 spiro atoms. The van der Waals surface area contributed by atoms with Gasteiger partial charge in [0.1, 0.15) is 0 Å². The molecular weight excluding hydrogens is 503 g/mol. The molecule has 0 aliphatic carbocycles. The molecule has 0 radical (unpaired) electrons. The number of aliphatic hydroxyl groups excluding tert-OH is 1. The first-order valence-corrected chi connectivity index (χ1v) is 17.1. The summed E-state index contributed by atoms with van der Waals surface area (Å²) in [5, 5.41) is 13.5. The van der Waals surface area contributed by atoms with E-state index in [1.54, 1.807) is 0 Å². The van der Waals surface area contributed by atoms with Crippen LogP contribution in [-0.4, -0.2) is 47.8 Å². The molecule has 0 aliphatic rings. The first-order valence-electron chi connectivity index (χ1n) is 15.7. The van der Waals surface area contributed by atoms with Crippen LogP contribution in [0.25, 0.3) is 0 Å². The normalized spacial score (nSPS) is 14.8. The van der Waals surface area contributed by atoms with Crippen molar-refractivity contribution in [1.82, 2.24) is 5.32 Å². The maximum absolute atomic E-state index is 12.6. The number of phosphoric ester groups is 1. The van der Waals surface area contributed by atoms with Crippen molar-refractivity contribution in [3.05, 3.63) is 0 Å². The minimum absolute atomic E-state index is 0.0913. The fourth-order valence-corrected chi connectivity index (χ4v) is 5.31. The van der Waals surface area contributed by atoms with E-state index in [0.29, 0.717) is 12.8 Å². The van der Waals surface area contributed by atoms with Crippen LogP contribution in [0.5, 0.6) is 0 Å². The van der Waals surface area contributed by atoms with Crippen LogP contribution in [0, 0.1) is 0 Å². The van der Waals surface area contributed by atoms with Crippen LogP contribution < -0.4 is 11.1 Å². The van der Waals surface area contributed by atoms with Crippen LogP contribution in [-0.2, 0) is 18.4 Å². The number of carbonyl (C=O) groups is 1. The largest absolute Gasteiger partial charge is 0.472 e. The van der Waals surface area contributed by atoms with Crippen molar-refractivity contribution in [2.45, 2.75) is 161 Å². The highest BCUT2D eigenvalue weighted by Gasteiger charge is 2.27. The number of amides is 1. The van der Waals surface area contributed by atoms with Crippen molar-refractivity contribution in [3.63, 3.8) is 0 Å². The Bertz CT molecular complexity index is 581. The number of carbonyl (C=O) groups excluding carboxylic acids is 1. The van der Waals surface area contributed by atoms with Crippen molar-refractivity contribution in [2.24, 2.45) is 5.73 Å². The van der Waals surface area contributed by atoms with Crippen LogP contribution >= 0.6 is 7.82 Å². The molecule has 9 heteroatoms. The van der Waals surface area contributed by atoms with Crippen molar-refractivity contribution in [3.8, 4) is 0 Å². The molecule has 0 aromatic carbocycles. The van der Waals surface area contributed by atoms with Gasteiger partial charge < -0.3 is 21.1 Å². The summed E-state index contributed by atoms with van der Waals surface area (Å²) in [6.07, 6.45) is 22.6. The summed E-state index contributed by atoms with van der Waals surface area (Å²) in [5.41, 5.74) is 5.32. The Morgan fingerprint density at radius 1 is 0.763 bits per heavy atom. The standard InChI is InChI=1S/C29H61N2O6P/c1-3-5-7-9-11-12-13-14-15-17-19-21-23-29(33)31-27(26-37-38(34,35)36-25-24-30)28(32)22-20-18-16-10-8-6-4-2/h27-28,32H,3-26,30H2,1-2H3,(H,31,33)(H,34,35). The zero-order chi connectivity index (χ0) is 28.3. The fraction of sp³-hybridized carbons (Fsp3) is 0.966. The van der Waals surface area contributed by atoms with Crippen molar-refractivity contribution < 1.29 is 28.4 Å². The minimum Gasteiger partial charge on any atom is -0.391 e. The Hall–Kier alpha value is -0.500. The Balaban J connectivity index is 4.30. The molecule has 0 aliphatic heterocycles. The summed E-state index contributed by atoms with van der Waals surface area (Å²) >= 11 is 0. The van der Waals surface area contributed by atoms with Crippen LogP contribution in [0.2, 0.25) is 0 Å². The van der Waals surface area contributed by atoms with Gasteiger partial charge in [0, 0.05) is 13.0 Å². The highest BCUT2D eigenvalue weighted by atomic mass is 31.2. The molecule has 0 fully saturated rings. The second-order valence-corrected chi connectivity index (χ2v) is 12.1. The summed E-state index contributed by atoms with van der Waals surface area (Å²) in [6, 6.07) is -0.762. The number of nitrogens with one attached hydrogen (secondary N) is 1. The topological polar surface area (TPSA) is 131 Å². The molecule has 0 bridgehead atoms. The van der Waals surface area contributed by atoms with Gasteiger partial charge in [-0.1, -0.05) is 129 Å². The smallest absolute Gasteiger partial charge is 0.391 e. The molecule has 3 atom stereocenters. The molecule has 0 heterocycles. The molecule has 38 heavy (non-hydrogen) atoms. The zero-order valence-corrected chi connectivity index (χ0v) is 25.6. The predicted molar refractivity (Wildman–Crippen MR) is 157 cm³/mol. The number of unbranched alkanes of at least 4 members (excludes halogenated alkanes) is 17. The maximum Gasteiger partial charge on any atom is 0.472 e. The lowest BCUT2D eigenvalue weighted by atomic mass is 10.0. The van der Waals surface area contributed by atoms with Crippen LogP contribution in [0.4, 0.5) is 0 Å². The van der Waals surface area contributed by atoms with Gasteiger partial charge in [-0.05, 0) is 12.8 Å². The van der Waals surface area contributed by atoms with Gasteiger partial charge in [0.2, 0.25) is 5.91 Å². The van der Waals surface area contributed by atoms with E-state index >= 15 is 0 Å². The molecule has 0 saturated carbocycles. The number of aliphatic hydroxyl groups is 1. The highest BCUT2D eigenvalue weighted by molar-refractivity contribution is 7.47. The van der Waals surface area contributed by atoms with Gasteiger partial charge in [0.05, 0.1) is 25.4 Å². The van der Waals surface area contributed by atoms with E-state index in [9.17, 15) is 19.4 Å². The van der Waals surface area contributed by atoms with E-state index in [4.69, 9.17) is 14.8 Å². The second kappa shape index (κ2) is 26.7. The third kappa shape index (κ3) is 24.5. The van der Waals surface area contributed by atoms with Crippen molar-refractivity contribution in [2.75, 3.05) is 19.8 Å². The molecule has 1 amide bonds. The van der Waals surface area contributed by atoms with E-state index in [1.807, 2.05) is 0 Å². The third-order valence-electron chi connectivity index (χ3n) is 6.96. The Morgan fingerprint density at radius 2 is 1.21 bits per heavy atom. The monoisotopic (exact) mass is 564 g/mol. The maximum atomic E-state index is 12.6. The van der Waals surface area contributed by atoms with Crippen LogP contribution in [0.15, 0.2) is 0 Å². The molecule has 8 nitrogen and oxygen atoms in total. The molecule has 0 aromatic heterocycles. The number of nitrogens with two attached hydrogens (primary N) is 1. The minimum atomic E-state index is -4.29. The van der Waals surface area contributed by atoms with Crippen molar-refractivity contribution >= 4 is 13.7 Å². The van der Waals surface area contributed by atoms with E-state index in [-0.39, 0.29) is 25.7 Å². The van der Waals surface area contributed by atoms with E-state index in [2.05, 4.69) is 19.2 Å². The van der Waals surface area contributed by atoms with E-state index in [0.717, 1.165) is 38.5 Å². The first-order chi connectivity index (χ1) is 18.4. The summed E-state index contributed by atoms with van der Waals surface area (Å²) in [6.45, 7) is 4.13. The van der Waals surface area contributed by atoms with E-state index < -0.39 is 20.0 Å². The summed E-state index contributed by atoms with van der Waals surface area (Å²) < 4.78 is 21.9. The van der Waals surface area contributed by atoms with Gasteiger partial charge in [-0.3, -0.25) is 13.8 Å². The second-order valence-electron chi connectivity index (χ2n) is 10.7. The molecule has 5 N–H and O–H groups in total. The fourth-order valence-electron chi connectivity index (χ4n) is 4.55. The number of phosphoric acid groups is 1. The predicted octanol–water partition coefficient (Wildman–Crippen LogP) is 7.16. The molecule has 3 unspecified atom stereocenters. The Kier molecular flexibility index (Phi) is 26.4. The Labute approximate surface area is 233 Å². The SMILES string of the molecule is CCCCCCCCCCCCCCC(=O)NC(COP(=O)(O)OCCN)C(O)CCCCCCCCC. The van der Waals surface area contributed by atoms with Crippen molar-refractivity contribution in [1.29, 1.82) is 0 Å². The molecular formula is C29H61N2O6P. The quantitative estimate of drug-likeness (QED) is 0.0560. The summed E-state index contributed by atoms with van der Waals surface area (Å²) in [7, 11) is -4.29.